The van der Waals surface area contributed by atoms with Crippen molar-refractivity contribution in [1.29, 1.82) is 0 Å². The average molecular weight is 314 g/mol. The highest BCUT2D eigenvalue weighted by Crippen LogP contribution is 2.18. The molecule has 0 aromatic carbocycles. The first kappa shape index (κ1) is 18.1. The van der Waals surface area contributed by atoms with E-state index in [2.05, 4.69) is 10.1 Å². The number of hydrogen-bond acceptors (Lipinski definition) is 6. The van der Waals surface area contributed by atoms with Crippen molar-refractivity contribution in [2.24, 2.45) is 0 Å². The van der Waals surface area contributed by atoms with Crippen LogP contribution in [-0.2, 0) is 23.9 Å². The lowest BCUT2D eigenvalue weighted by Crippen LogP contribution is -2.50. The highest BCUT2D eigenvalue weighted by atomic mass is 16.5. The molecule has 1 aliphatic heterocycles. The maximum absolute atomic E-state index is 12.3. The van der Waals surface area contributed by atoms with Gasteiger partial charge in [-0.25, -0.2) is 4.79 Å². The summed E-state index contributed by atoms with van der Waals surface area (Å²) < 4.78 is 4.61. The topological polar surface area (TPSA) is 113 Å². The molecule has 1 aliphatic rings. The van der Waals surface area contributed by atoms with Crippen LogP contribution in [0.3, 0.4) is 0 Å². The Labute approximate surface area is 128 Å². The number of methoxy groups -OCH3 is 1. The molecule has 3 atom stereocenters. The molecular weight excluding hydrogens is 292 g/mol. The van der Waals surface area contributed by atoms with Crippen molar-refractivity contribution in [1.82, 2.24) is 10.2 Å². The molecule has 2 amide bonds. The Hall–Kier alpha value is -1.96. The van der Waals surface area contributed by atoms with Gasteiger partial charge in [0.1, 0.15) is 17.9 Å². The molecule has 0 aromatic heterocycles. The van der Waals surface area contributed by atoms with E-state index in [4.69, 9.17) is 0 Å². The van der Waals surface area contributed by atoms with Gasteiger partial charge in [0.15, 0.2) is 0 Å². The number of carbonyl (C=O) groups excluding carboxylic acids is 4. The number of amides is 2. The number of nitrogens with one attached hydrogen (secondary N) is 1. The van der Waals surface area contributed by atoms with Crippen molar-refractivity contribution in [3.63, 3.8) is 0 Å². The Morgan fingerprint density at radius 2 is 1.95 bits per heavy atom. The zero-order valence-corrected chi connectivity index (χ0v) is 13.0. The van der Waals surface area contributed by atoms with E-state index >= 15 is 0 Å². The summed E-state index contributed by atoms with van der Waals surface area (Å²) in [6, 6.07) is -1.77. The number of esters is 1. The maximum Gasteiger partial charge on any atom is 0.328 e. The number of nitrogens with zero attached hydrogens (tertiary/aromatic N) is 1. The van der Waals surface area contributed by atoms with E-state index in [0.29, 0.717) is 0 Å². The van der Waals surface area contributed by atoms with Crippen LogP contribution in [0, 0.1) is 0 Å². The molecule has 2 N–H and O–H groups in total. The van der Waals surface area contributed by atoms with Crippen LogP contribution in [0.1, 0.15) is 33.1 Å². The SMILES string of the molecule is COC(=O)[C@H](CCC(C)=O)NC(=O)[C@@H]1C[C@@H](O)CN1C(C)=O. The zero-order chi connectivity index (χ0) is 16.9. The summed E-state index contributed by atoms with van der Waals surface area (Å²) in [6.45, 7) is 2.79. The zero-order valence-electron chi connectivity index (χ0n) is 13.0. The second kappa shape index (κ2) is 7.88. The summed E-state index contributed by atoms with van der Waals surface area (Å²) in [4.78, 5) is 47.7. The average Bonchev–Trinajstić information content (AvgIpc) is 2.84. The number of carbonyl (C=O) groups is 4. The summed E-state index contributed by atoms with van der Waals surface area (Å²) in [5, 5.41) is 12.1. The molecule has 124 valence electrons. The lowest BCUT2D eigenvalue weighted by Gasteiger charge is -2.24. The summed E-state index contributed by atoms with van der Waals surface area (Å²) in [7, 11) is 1.19. The number of aliphatic hydroxyl groups is 1. The Bertz CT molecular complexity index is 464. The van der Waals surface area contributed by atoms with E-state index in [1.165, 1.54) is 25.9 Å². The molecule has 1 fully saturated rings. The number of Topliss-reactive ketones (excluding diaryl/α,β-unsaturated/α-hetero) is 1. The highest BCUT2D eigenvalue weighted by molar-refractivity contribution is 5.91. The molecule has 0 unspecified atom stereocenters. The molecular formula is C14H22N2O6. The van der Waals surface area contributed by atoms with Crippen LogP contribution in [0.5, 0.6) is 0 Å². The van der Waals surface area contributed by atoms with Crippen molar-refractivity contribution in [3.8, 4) is 0 Å². The van der Waals surface area contributed by atoms with Gasteiger partial charge < -0.3 is 24.9 Å². The van der Waals surface area contributed by atoms with Gasteiger partial charge in [-0.3, -0.25) is 9.59 Å². The smallest absolute Gasteiger partial charge is 0.328 e. The quantitative estimate of drug-likeness (QED) is 0.608. The summed E-state index contributed by atoms with van der Waals surface area (Å²) in [6.07, 6.45) is -0.396. The van der Waals surface area contributed by atoms with Crippen LogP contribution in [0.15, 0.2) is 0 Å². The number of ether oxygens (including phenoxy) is 1. The molecule has 1 rings (SSSR count). The Morgan fingerprint density at radius 1 is 1.32 bits per heavy atom. The monoisotopic (exact) mass is 314 g/mol. The molecule has 0 radical (unpaired) electrons. The maximum atomic E-state index is 12.3. The number of hydrogen-bond donors (Lipinski definition) is 2. The van der Waals surface area contributed by atoms with Crippen molar-refractivity contribution in [2.75, 3.05) is 13.7 Å². The Morgan fingerprint density at radius 3 is 2.45 bits per heavy atom. The van der Waals surface area contributed by atoms with Crippen LogP contribution >= 0.6 is 0 Å². The fourth-order valence-electron chi connectivity index (χ4n) is 2.42. The molecule has 8 nitrogen and oxygen atoms in total. The molecule has 0 saturated carbocycles. The normalized spacial score (nSPS) is 22.1. The molecule has 0 spiro atoms. The fourth-order valence-corrected chi connectivity index (χ4v) is 2.42. The number of aliphatic hydroxyl groups excluding tert-OH is 1. The summed E-state index contributed by atoms with van der Waals surface area (Å²) in [5.41, 5.74) is 0. The fraction of sp³-hybridized carbons (Fsp3) is 0.714. The van der Waals surface area contributed by atoms with E-state index in [0.717, 1.165) is 0 Å². The van der Waals surface area contributed by atoms with Gasteiger partial charge in [0.05, 0.1) is 13.2 Å². The molecule has 1 saturated heterocycles. The van der Waals surface area contributed by atoms with Gasteiger partial charge in [-0.15, -0.1) is 0 Å². The standard InChI is InChI=1S/C14H22N2O6/c1-8(17)4-5-11(14(21)22-3)15-13(20)12-6-10(19)7-16(12)9(2)18/h10-12,19H,4-7H2,1-3H3,(H,15,20)/t10-,11+,12+/m1/s1. The van der Waals surface area contributed by atoms with E-state index in [1.807, 2.05) is 0 Å². The Balaban J connectivity index is 2.74. The van der Waals surface area contributed by atoms with Crippen LogP contribution in [0.2, 0.25) is 0 Å². The molecule has 0 aliphatic carbocycles. The van der Waals surface area contributed by atoms with E-state index in [9.17, 15) is 24.3 Å². The van der Waals surface area contributed by atoms with Crippen molar-refractivity contribution in [3.05, 3.63) is 0 Å². The van der Waals surface area contributed by atoms with Crippen LogP contribution in [0.4, 0.5) is 0 Å². The lowest BCUT2D eigenvalue weighted by molar-refractivity contribution is -0.146. The predicted octanol–water partition coefficient (Wildman–Crippen LogP) is -1.00. The van der Waals surface area contributed by atoms with Crippen molar-refractivity contribution < 1.29 is 29.0 Å². The minimum Gasteiger partial charge on any atom is -0.467 e. The third-order valence-corrected chi connectivity index (χ3v) is 3.57. The second-order valence-corrected chi connectivity index (χ2v) is 5.40. The van der Waals surface area contributed by atoms with Crippen molar-refractivity contribution in [2.45, 2.75) is 51.3 Å². The Kier molecular flexibility index (Phi) is 6.48. The largest absolute Gasteiger partial charge is 0.467 e. The van der Waals surface area contributed by atoms with Crippen LogP contribution in [-0.4, -0.2) is 65.4 Å². The number of β-amino-alcohol motifs (C(OH)–C–C–N with tert-alkyl or cyclic N) is 1. The van der Waals surface area contributed by atoms with E-state index < -0.39 is 30.1 Å². The van der Waals surface area contributed by atoms with E-state index in [-0.39, 0.29) is 37.5 Å². The van der Waals surface area contributed by atoms with Crippen LogP contribution in [0.25, 0.3) is 0 Å². The first-order chi connectivity index (χ1) is 10.3. The second-order valence-electron chi connectivity index (χ2n) is 5.40. The van der Waals surface area contributed by atoms with Gasteiger partial charge >= 0.3 is 5.97 Å². The molecule has 22 heavy (non-hydrogen) atoms. The number of ketones is 1. The first-order valence-corrected chi connectivity index (χ1v) is 7.09. The summed E-state index contributed by atoms with van der Waals surface area (Å²) >= 11 is 0. The molecule has 0 aromatic rings. The van der Waals surface area contributed by atoms with Gasteiger partial charge in [-0.05, 0) is 13.3 Å². The van der Waals surface area contributed by atoms with Crippen LogP contribution < -0.4 is 5.32 Å². The third-order valence-electron chi connectivity index (χ3n) is 3.57. The summed E-state index contributed by atoms with van der Waals surface area (Å²) in [5.74, 6) is -1.62. The number of rotatable bonds is 6. The first-order valence-electron chi connectivity index (χ1n) is 7.09. The van der Waals surface area contributed by atoms with Gasteiger partial charge in [-0.2, -0.15) is 0 Å². The van der Waals surface area contributed by atoms with Gasteiger partial charge in [0, 0.05) is 26.3 Å². The predicted molar refractivity (Wildman–Crippen MR) is 75.7 cm³/mol. The molecule has 8 heteroatoms. The number of likely N-dealkylation sites (tertiary alicyclic amines) is 1. The minimum atomic E-state index is -0.951. The molecule has 0 bridgehead atoms. The molecule has 1 heterocycles. The van der Waals surface area contributed by atoms with E-state index in [1.54, 1.807) is 0 Å². The van der Waals surface area contributed by atoms with Gasteiger partial charge in [0.25, 0.3) is 0 Å². The van der Waals surface area contributed by atoms with Crippen molar-refractivity contribution >= 4 is 23.6 Å². The van der Waals surface area contributed by atoms with Gasteiger partial charge in [0.2, 0.25) is 11.8 Å². The lowest BCUT2D eigenvalue weighted by atomic mass is 10.1. The third kappa shape index (κ3) is 4.80. The minimum absolute atomic E-state index is 0.0871. The highest BCUT2D eigenvalue weighted by Gasteiger charge is 2.38. The van der Waals surface area contributed by atoms with Gasteiger partial charge in [-0.1, -0.05) is 0 Å².